The van der Waals surface area contributed by atoms with Crippen LogP contribution in [0.2, 0.25) is 5.02 Å². The summed E-state index contributed by atoms with van der Waals surface area (Å²) in [5.74, 6) is 0.483. The van der Waals surface area contributed by atoms with Gasteiger partial charge in [-0.25, -0.2) is 4.98 Å². The van der Waals surface area contributed by atoms with Gasteiger partial charge in [-0.3, -0.25) is 14.2 Å². The Balaban J connectivity index is 1.68. The fraction of sp³-hybridized carbons (Fsp3) is 0.211. The van der Waals surface area contributed by atoms with Gasteiger partial charge in [0, 0.05) is 5.02 Å². The van der Waals surface area contributed by atoms with E-state index in [1.807, 2.05) is 25.1 Å². The lowest BCUT2D eigenvalue weighted by molar-refractivity contribution is -0.119. The van der Waals surface area contributed by atoms with Crippen LogP contribution in [0.1, 0.15) is 5.56 Å². The van der Waals surface area contributed by atoms with E-state index in [1.54, 1.807) is 23.1 Å². The Kier molecular flexibility index (Phi) is 4.12. The highest BCUT2D eigenvalue weighted by molar-refractivity contribution is 6.31. The molecule has 3 aromatic rings. The number of ether oxygens (including phenoxy) is 1. The van der Waals surface area contributed by atoms with Crippen molar-refractivity contribution < 1.29 is 9.53 Å². The van der Waals surface area contributed by atoms with Crippen LogP contribution in [0.25, 0.3) is 10.9 Å². The number of hydrogen-bond donors (Lipinski definition) is 0. The molecule has 0 spiro atoms. The molecule has 4 rings (SSSR count). The van der Waals surface area contributed by atoms with Crippen molar-refractivity contribution in [3.05, 3.63) is 63.7 Å². The second-order valence-corrected chi connectivity index (χ2v) is 6.64. The van der Waals surface area contributed by atoms with Gasteiger partial charge in [-0.2, -0.15) is 0 Å². The summed E-state index contributed by atoms with van der Waals surface area (Å²) < 4.78 is 6.93. The highest BCUT2D eigenvalue weighted by Crippen LogP contribution is 2.32. The first kappa shape index (κ1) is 16.6. The van der Waals surface area contributed by atoms with E-state index in [2.05, 4.69) is 4.98 Å². The molecule has 1 amide bonds. The lowest BCUT2D eigenvalue weighted by Crippen LogP contribution is -2.41. The smallest absolute Gasteiger partial charge is 0.261 e. The SMILES string of the molecule is Cc1ccc2c(c1)N(C(=O)Cn1cnc3ccc(Cl)cc3c1=O)CCO2. The van der Waals surface area contributed by atoms with Crippen LogP contribution in [0.4, 0.5) is 5.69 Å². The summed E-state index contributed by atoms with van der Waals surface area (Å²) in [5, 5.41) is 0.851. The predicted octanol–water partition coefficient (Wildman–Crippen LogP) is 2.78. The lowest BCUT2D eigenvalue weighted by atomic mass is 10.1. The van der Waals surface area contributed by atoms with Crippen molar-refractivity contribution in [2.24, 2.45) is 0 Å². The summed E-state index contributed by atoms with van der Waals surface area (Å²) in [4.78, 5) is 31.4. The minimum Gasteiger partial charge on any atom is -0.490 e. The summed E-state index contributed by atoms with van der Waals surface area (Å²) in [6.45, 7) is 2.72. The maximum atomic E-state index is 12.9. The van der Waals surface area contributed by atoms with Gasteiger partial charge in [-0.15, -0.1) is 0 Å². The number of aryl methyl sites for hydroxylation is 1. The first-order valence-electron chi connectivity index (χ1n) is 8.21. The zero-order valence-electron chi connectivity index (χ0n) is 14.1. The van der Waals surface area contributed by atoms with Crippen molar-refractivity contribution in [3.63, 3.8) is 0 Å². The number of carbonyl (C=O) groups is 1. The van der Waals surface area contributed by atoms with Crippen LogP contribution in [-0.4, -0.2) is 28.6 Å². The van der Waals surface area contributed by atoms with E-state index < -0.39 is 0 Å². The third-order valence-corrected chi connectivity index (χ3v) is 4.61. The number of aromatic nitrogens is 2. The lowest BCUT2D eigenvalue weighted by Gasteiger charge is -2.30. The van der Waals surface area contributed by atoms with E-state index in [-0.39, 0.29) is 18.0 Å². The van der Waals surface area contributed by atoms with Crippen LogP contribution in [0.15, 0.2) is 47.5 Å². The zero-order chi connectivity index (χ0) is 18.3. The molecule has 1 aliphatic heterocycles. The molecule has 0 aliphatic carbocycles. The molecule has 26 heavy (non-hydrogen) atoms. The highest BCUT2D eigenvalue weighted by Gasteiger charge is 2.24. The second kappa shape index (κ2) is 6.46. The summed E-state index contributed by atoms with van der Waals surface area (Å²) in [6, 6.07) is 10.6. The van der Waals surface area contributed by atoms with E-state index in [1.165, 1.54) is 10.9 Å². The fourth-order valence-corrected chi connectivity index (χ4v) is 3.23. The number of benzene rings is 2. The van der Waals surface area contributed by atoms with Crippen molar-refractivity contribution in [2.45, 2.75) is 13.5 Å². The van der Waals surface area contributed by atoms with E-state index in [0.29, 0.717) is 34.8 Å². The van der Waals surface area contributed by atoms with Gasteiger partial charge in [0.1, 0.15) is 18.9 Å². The number of amides is 1. The van der Waals surface area contributed by atoms with Crippen molar-refractivity contribution in [1.29, 1.82) is 0 Å². The molecule has 0 unspecified atom stereocenters. The van der Waals surface area contributed by atoms with E-state index >= 15 is 0 Å². The summed E-state index contributed by atoms with van der Waals surface area (Å²) in [6.07, 6.45) is 1.40. The van der Waals surface area contributed by atoms with Crippen LogP contribution in [0.3, 0.4) is 0 Å². The largest absolute Gasteiger partial charge is 0.490 e. The van der Waals surface area contributed by atoms with E-state index in [0.717, 1.165) is 11.3 Å². The topological polar surface area (TPSA) is 64.4 Å². The van der Waals surface area contributed by atoms with Gasteiger partial charge in [0.25, 0.3) is 5.56 Å². The number of fused-ring (bicyclic) bond motifs is 2. The zero-order valence-corrected chi connectivity index (χ0v) is 14.9. The van der Waals surface area contributed by atoms with E-state index in [9.17, 15) is 9.59 Å². The van der Waals surface area contributed by atoms with Crippen molar-refractivity contribution >= 4 is 34.1 Å². The summed E-state index contributed by atoms with van der Waals surface area (Å²) in [5.41, 5.74) is 2.02. The number of nitrogens with zero attached hydrogens (tertiary/aromatic N) is 3. The fourth-order valence-electron chi connectivity index (χ4n) is 3.06. The molecular weight excluding hydrogens is 354 g/mol. The maximum absolute atomic E-state index is 12.9. The summed E-state index contributed by atoms with van der Waals surface area (Å²) >= 11 is 5.98. The Morgan fingerprint density at radius 3 is 2.96 bits per heavy atom. The first-order chi connectivity index (χ1) is 12.5. The minimum absolute atomic E-state index is 0.0956. The molecule has 0 fully saturated rings. The number of carbonyl (C=O) groups excluding carboxylic acids is 1. The second-order valence-electron chi connectivity index (χ2n) is 6.20. The molecule has 2 aromatic carbocycles. The van der Waals surface area contributed by atoms with Gasteiger partial charge in [-0.1, -0.05) is 17.7 Å². The Morgan fingerprint density at radius 2 is 2.12 bits per heavy atom. The van der Waals surface area contributed by atoms with Gasteiger partial charge in [0.2, 0.25) is 5.91 Å². The molecule has 0 radical (unpaired) electrons. The Morgan fingerprint density at radius 1 is 1.27 bits per heavy atom. The highest BCUT2D eigenvalue weighted by atomic mass is 35.5. The third-order valence-electron chi connectivity index (χ3n) is 4.37. The molecule has 2 heterocycles. The average molecular weight is 370 g/mol. The van der Waals surface area contributed by atoms with E-state index in [4.69, 9.17) is 16.3 Å². The third kappa shape index (κ3) is 2.93. The van der Waals surface area contributed by atoms with Crippen LogP contribution < -0.4 is 15.2 Å². The number of halogens is 1. The molecule has 132 valence electrons. The van der Waals surface area contributed by atoms with Crippen LogP contribution in [-0.2, 0) is 11.3 Å². The molecule has 0 N–H and O–H groups in total. The molecule has 0 bridgehead atoms. The first-order valence-corrected chi connectivity index (χ1v) is 8.59. The quantitative estimate of drug-likeness (QED) is 0.696. The monoisotopic (exact) mass is 369 g/mol. The molecule has 1 aromatic heterocycles. The molecule has 7 heteroatoms. The Labute approximate surface area is 154 Å². The Bertz CT molecular complexity index is 1080. The van der Waals surface area contributed by atoms with Crippen molar-refractivity contribution in [3.8, 4) is 5.75 Å². The van der Waals surface area contributed by atoms with Gasteiger partial charge < -0.3 is 9.64 Å². The maximum Gasteiger partial charge on any atom is 0.261 e. The Hall–Kier alpha value is -2.86. The van der Waals surface area contributed by atoms with Crippen molar-refractivity contribution in [2.75, 3.05) is 18.1 Å². The molecule has 1 aliphatic rings. The summed E-state index contributed by atoms with van der Waals surface area (Å²) in [7, 11) is 0. The predicted molar refractivity (Wildman–Crippen MR) is 100 cm³/mol. The number of hydrogen-bond acceptors (Lipinski definition) is 4. The van der Waals surface area contributed by atoms with Crippen LogP contribution in [0.5, 0.6) is 5.75 Å². The molecular formula is C19H16ClN3O3. The van der Waals surface area contributed by atoms with Crippen LogP contribution >= 0.6 is 11.6 Å². The minimum atomic E-state index is -0.288. The van der Waals surface area contributed by atoms with Gasteiger partial charge in [0.05, 0.1) is 29.5 Å². The molecule has 6 nitrogen and oxygen atoms in total. The van der Waals surface area contributed by atoms with Gasteiger partial charge in [0.15, 0.2) is 0 Å². The average Bonchev–Trinajstić information content (AvgIpc) is 2.64. The van der Waals surface area contributed by atoms with Gasteiger partial charge >= 0.3 is 0 Å². The van der Waals surface area contributed by atoms with Crippen LogP contribution in [0, 0.1) is 6.92 Å². The number of rotatable bonds is 2. The molecule has 0 saturated heterocycles. The molecule has 0 saturated carbocycles. The van der Waals surface area contributed by atoms with Gasteiger partial charge in [-0.05, 0) is 42.8 Å². The standard InChI is InChI=1S/C19H16ClN3O3/c1-12-2-5-17-16(8-12)23(6-7-26-17)18(24)10-22-11-21-15-4-3-13(20)9-14(15)19(22)25/h2-5,8-9,11H,6-7,10H2,1H3. The van der Waals surface area contributed by atoms with Crippen molar-refractivity contribution in [1.82, 2.24) is 9.55 Å². The molecule has 0 atom stereocenters. The normalized spacial score (nSPS) is 13.4. The number of anilines is 1.